The molecule has 0 aromatic carbocycles. The van der Waals surface area contributed by atoms with E-state index in [-0.39, 0.29) is 0 Å². The maximum Gasteiger partial charge on any atom is 0.206 e. The first-order chi connectivity index (χ1) is 7.20. The van der Waals surface area contributed by atoms with Crippen LogP contribution in [0.1, 0.15) is 12.8 Å². The average molecular weight is 229 g/mol. The molecule has 1 fully saturated rings. The number of nitrogens with two attached hydrogens (primary N) is 1. The number of anilines is 1. The second-order valence-electron chi connectivity index (χ2n) is 4.14. The molecule has 5 heteroatoms. The summed E-state index contributed by atoms with van der Waals surface area (Å²) in [5.74, 6) is 1.65. The van der Waals surface area contributed by atoms with Crippen molar-refractivity contribution in [2.24, 2.45) is 18.7 Å². The largest absolute Gasteiger partial charge is 0.342 e. The standard InChI is InChI=1S/C10H17ClN4/c1-14-7-9(11)13-10(14)15-4-2-8(6-12)3-5-15/h7-8H,2-6,12H2,1H3. The van der Waals surface area contributed by atoms with Crippen LogP contribution in [0.3, 0.4) is 0 Å². The smallest absolute Gasteiger partial charge is 0.206 e. The molecule has 0 aliphatic carbocycles. The molecule has 84 valence electrons. The molecule has 0 spiro atoms. The molecule has 1 aliphatic rings. The van der Waals surface area contributed by atoms with Gasteiger partial charge < -0.3 is 15.2 Å². The number of hydrogen-bond acceptors (Lipinski definition) is 3. The van der Waals surface area contributed by atoms with E-state index in [1.807, 2.05) is 17.8 Å². The highest BCUT2D eigenvalue weighted by molar-refractivity contribution is 6.29. The molecule has 1 saturated heterocycles. The fraction of sp³-hybridized carbons (Fsp3) is 0.700. The highest BCUT2D eigenvalue weighted by atomic mass is 35.5. The molecule has 2 rings (SSSR count). The fourth-order valence-corrected chi connectivity index (χ4v) is 2.31. The Labute approximate surface area is 95.0 Å². The second-order valence-corrected chi connectivity index (χ2v) is 4.53. The molecular weight excluding hydrogens is 212 g/mol. The highest BCUT2D eigenvalue weighted by Crippen LogP contribution is 2.22. The van der Waals surface area contributed by atoms with E-state index in [0.717, 1.165) is 38.4 Å². The Bertz CT molecular complexity index is 328. The van der Waals surface area contributed by atoms with Crippen molar-refractivity contribution in [3.63, 3.8) is 0 Å². The summed E-state index contributed by atoms with van der Waals surface area (Å²) >= 11 is 5.86. The van der Waals surface area contributed by atoms with Gasteiger partial charge in [0.25, 0.3) is 0 Å². The number of aromatic nitrogens is 2. The van der Waals surface area contributed by atoms with Crippen LogP contribution in [0.15, 0.2) is 6.20 Å². The molecule has 0 atom stereocenters. The van der Waals surface area contributed by atoms with E-state index >= 15 is 0 Å². The number of aryl methyl sites for hydroxylation is 1. The van der Waals surface area contributed by atoms with E-state index < -0.39 is 0 Å². The van der Waals surface area contributed by atoms with Gasteiger partial charge in [0.2, 0.25) is 5.95 Å². The van der Waals surface area contributed by atoms with Crippen LogP contribution in [0, 0.1) is 5.92 Å². The normalized spacial score (nSPS) is 18.5. The van der Waals surface area contributed by atoms with E-state index in [0.29, 0.717) is 11.1 Å². The van der Waals surface area contributed by atoms with Gasteiger partial charge in [0.05, 0.1) is 0 Å². The second kappa shape index (κ2) is 4.41. The van der Waals surface area contributed by atoms with Crippen molar-refractivity contribution in [3.8, 4) is 0 Å². The Morgan fingerprint density at radius 1 is 1.53 bits per heavy atom. The van der Waals surface area contributed by atoms with Crippen molar-refractivity contribution in [1.29, 1.82) is 0 Å². The molecule has 0 saturated carbocycles. The van der Waals surface area contributed by atoms with Gasteiger partial charge in [-0.2, -0.15) is 0 Å². The third-order valence-electron chi connectivity index (χ3n) is 3.05. The number of nitrogens with zero attached hydrogens (tertiary/aromatic N) is 3. The molecular formula is C10H17ClN4. The average Bonchev–Trinajstić information content (AvgIpc) is 2.58. The minimum atomic E-state index is 0.563. The van der Waals surface area contributed by atoms with Gasteiger partial charge in [0.15, 0.2) is 0 Å². The van der Waals surface area contributed by atoms with Gasteiger partial charge in [-0.15, -0.1) is 0 Å². The van der Waals surface area contributed by atoms with Gasteiger partial charge in [0.1, 0.15) is 5.15 Å². The monoisotopic (exact) mass is 228 g/mol. The first-order valence-electron chi connectivity index (χ1n) is 5.34. The zero-order chi connectivity index (χ0) is 10.8. The summed E-state index contributed by atoms with van der Waals surface area (Å²) in [5.41, 5.74) is 5.66. The van der Waals surface area contributed by atoms with Gasteiger partial charge in [-0.05, 0) is 25.3 Å². The molecule has 0 bridgehead atoms. The Morgan fingerprint density at radius 2 is 2.20 bits per heavy atom. The molecule has 0 radical (unpaired) electrons. The summed E-state index contributed by atoms with van der Waals surface area (Å²) in [5, 5.41) is 0.563. The first-order valence-corrected chi connectivity index (χ1v) is 5.72. The van der Waals surface area contributed by atoms with Crippen LogP contribution in [0.4, 0.5) is 5.95 Å². The van der Waals surface area contributed by atoms with Crippen molar-refractivity contribution in [2.75, 3.05) is 24.5 Å². The van der Waals surface area contributed by atoms with Gasteiger partial charge in [0, 0.05) is 26.3 Å². The number of halogens is 1. The van der Waals surface area contributed by atoms with Crippen LogP contribution in [0.2, 0.25) is 5.15 Å². The summed E-state index contributed by atoms with van der Waals surface area (Å²) in [6.07, 6.45) is 4.15. The Kier molecular flexibility index (Phi) is 3.17. The minimum absolute atomic E-state index is 0.563. The highest BCUT2D eigenvalue weighted by Gasteiger charge is 2.20. The first kappa shape index (κ1) is 10.8. The zero-order valence-electron chi connectivity index (χ0n) is 8.99. The van der Waals surface area contributed by atoms with E-state index in [1.54, 1.807) is 0 Å². The topological polar surface area (TPSA) is 47.1 Å². The third-order valence-corrected chi connectivity index (χ3v) is 3.24. The summed E-state index contributed by atoms with van der Waals surface area (Å²) in [6.45, 7) is 2.86. The van der Waals surface area contributed by atoms with Crippen molar-refractivity contribution >= 4 is 17.5 Å². The quantitative estimate of drug-likeness (QED) is 0.829. The van der Waals surface area contributed by atoms with Crippen molar-refractivity contribution in [2.45, 2.75) is 12.8 Å². The predicted molar refractivity (Wildman–Crippen MR) is 62.2 cm³/mol. The van der Waals surface area contributed by atoms with Gasteiger partial charge in [-0.25, -0.2) is 4.98 Å². The molecule has 2 heterocycles. The lowest BCUT2D eigenvalue weighted by Gasteiger charge is -2.31. The lowest BCUT2D eigenvalue weighted by Crippen LogP contribution is -2.37. The molecule has 4 nitrogen and oxygen atoms in total. The number of rotatable bonds is 2. The van der Waals surface area contributed by atoms with Crippen molar-refractivity contribution in [1.82, 2.24) is 9.55 Å². The molecule has 1 aliphatic heterocycles. The fourth-order valence-electron chi connectivity index (χ4n) is 2.08. The van der Waals surface area contributed by atoms with Gasteiger partial charge in [-0.3, -0.25) is 0 Å². The molecule has 2 N–H and O–H groups in total. The van der Waals surface area contributed by atoms with Crippen LogP contribution in [0.5, 0.6) is 0 Å². The van der Waals surface area contributed by atoms with Crippen LogP contribution >= 0.6 is 11.6 Å². The van der Waals surface area contributed by atoms with Crippen LogP contribution in [-0.2, 0) is 7.05 Å². The summed E-state index contributed by atoms with van der Waals surface area (Å²) < 4.78 is 1.98. The summed E-state index contributed by atoms with van der Waals surface area (Å²) in [4.78, 5) is 6.58. The minimum Gasteiger partial charge on any atom is -0.342 e. The van der Waals surface area contributed by atoms with E-state index in [2.05, 4.69) is 9.88 Å². The number of imidazole rings is 1. The number of piperidine rings is 1. The van der Waals surface area contributed by atoms with E-state index in [9.17, 15) is 0 Å². The lowest BCUT2D eigenvalue weighted by molar-refractivity contribution is 0.409. The van der Waals surface area contributed by atoms with Crippen molar-refractivity contribution in [3.05, 3.63) is 11.3 Å². The molecule has 1 aromatic heterocycles. The molecule has 0 amide bonds. The number of hydrogen-bond donors (Lipinski definition) is 1. The lowest BCUT2D eigenvalue weighted by atomic mass is 9.97. The van der Waals surface area contributed by atoms with E-state index in [1.165, 1.54) is 0 Å². The van der Waals surface area contributed by atoms with E-state index in [4.69, 9.17) is 17.3 Å². The maximum atomic E-state index is 5.86. The molecule has 1 aromatic rings. The summed E-state index contributed by atoms with van der Waals surface area (Å²) in [7, 11) is 1.98. The molecule has 0 unspecified atom stereocenters. The SMILES string of the molecule is Cn1cc(Cl)nc1N1CCC(CN)CC1. The Hall–Kier alpha value is -0.740. The maximum absolute atomic E-state index is 5.86. The third kappa shape index (κ3) is 2.26. The van der Waals surface area contributed by atoms with Gasteiger partial charge in [-0.1, -0.05) is 11.6 Å². The molecule has 15 heavy (non-hydrogen) atoms. The van der Waals surface area contributed by atoms with Gasteiger partial charge >= 0.3 is 0 Å². The van der Waals surface area contributed by atoms with Crippen molar-refractivity contribution < 1.29 is 0 Å². The zero-order valence-corrected chi connectivity index (χ0v) is 9.74. The predicted octanol–water partition coefficient (Wildman–Crippen LogP) is 1.25. The summed E-state index contributed by atoms with van der Waals surface area (Å²) in [6, 6.07) is 0. The Morgan fingerprint density at radius 3 is 2.67 bits per heavy atom. The van der Waals surface area contributed by atoms with Crippen LogP contribution < -0.4 is 10.6 Å². The Balaban J connectivity index is 2.04. The van der Waals surface area contributed by atoms with Crippen LogP contribution in [0.25, 0.3) is 0 Å². The van der Waals surface area contributed by atoms with Crippen LogP contribution in [-0.4, -0.2) is 29.2 Å².